The largest absolute Gasteiger partial charge is 0.507 e. The first-order valence-electron chi connectivity index (χ1n) is 6.68. The number of phenols is 2. The molecular formula is C16H18O4S. The molecule has 0 aliphatic rings. The highest BCUT2D eigenvalue weighted by molar-refractivity contribution is 7.99. The van der Waals surface area contributed by atoms with Crippen LogP contribution in [0.15, 0.2) is 46.2 Å². The molecule has 0 aliphatic heterocycles. The molecule has 4 N–H and O–H groups in total. The minimum atomic E-state index is -0.0454. The lowest BCUT2D eigenvalue weighted by atomic mass is 10.0. The van der Waals surface area contributed by atoms with Gasteiger partial charge in [-0.1, -0.05) is 30.0 Å². The highest BCUT2D eigenvalue weighted by Crippen LogP contribution is 2.42. The molecule has 2 aromatic rings. The van der Waals surface area contributed by atoms with Gasteiger partial charge in [0.05, 0.1) is 9.79 Å². The van der Waals surface area contributed by atoms with E-state index in [9.17, 15) is 15.3 Å². The highest BCUT2D eigenvalue weighted by Gasteiger charge is 2.15. The number of aliphatic hydroxyl groups is 2. The predicted octanol–water partition coefficient (Wildman–Crippen LogP) is 2.32. The molecule has 2 rings (SSSR count). The van der Waals surface area contributed by atoms with Crippen LogP contribution >= 0.6 is 11.8 Å². The van der Waals surface area contributed by atoms with Crippen LogP contribution in [0.5, 0.6) is 11.5 Å². The van der Waals surface area contributed by atoms with Crippen LogP contribution in [0.25, 0.3) is 0 Å². The quantitative estimate of drug-likeness (QED) is 0.658. The van der Waals surface area contributed by atoms with Crippen molar-refractivity contribution < 1.29 is 20.4 Å². The van der Waals surface area contributed by atoms with E-state index in [0.29, 0.717) is 22.6 Å². The number of rotatable bonds is 6. The van der Waals surface area contributed by atoms with Gasteiger partial charge in [0.2, 0.25) is 0 Å². The van der Waals surface area contributed by atoms with Gasteiger partial charge in [0.1, 0.15) is 11.5 Å². The molecular weight excluding hydrogens is 288 g/mol. The van der Waals surface area contributed by atoms with E-state index in [2.05, 4.69) is 0 Å². The third-order valence-electron chi connectivity index (χ3n) is 3.16. The third kappa shape index (κ3) is 3.69. The zero-order valence-electron chi connectivity index (χ0n) is 11.5. The van der Waals surface area contributed by atoms with E-state index in [1.807, 2.05) is 6.07 Å². The maximum absolute atomic E-state index is 10.1. The third-order valence-corrected chi connectivity index (χ3v) is 4.38. The van der Waals surface area contributed by atoms with Gasteiger partial charge in [-0.15, -0.1) is 0 Å². The lowest BCUT2D eigenvalue weighted by molar-refractivity contribution is 0.292. The van der Waals surface area contributed by atoms with E-state index in [1.54, 1.807) is 30.3 Å². The van der Waals surface area contributed by atoms with Crippen LogP contribution in [0.3, 0.4) is 0 Å². The molecule has 0 spiro atoms. The van der Waals surface area contributed by atoms with Crippen LogP contribution in [0.2, 0.25) is 0 Å². The Hall–Kier alpha value is -1.69. The highest BCUT2D eigenvalue weighted by atomic mass is 32.2. The van der Waals surface area contributed by atoms with E-state index in [0.717, 1.165) is 11.1 Å². The summed E-state index contributed by atoms with van der Waals surface area (Å²) in [5, 5.41) is 38.4. The zero-order chi connectivity index (χ0) is 15.2. The molecule has 0 atom stereocenters. The summed E-state index contributed by atoms with van der Waals surface area (Å²) < 4.78 is 0. The summed E-state index contributed by atoms with van der Waals surface area (Å²) >= 11 is 1.25. The lowest BCUT2D eigenvalue weighted by Gasteiger charge is -2.15. The summed E-state index contributed by atoms with van der Waals surface area (Å²) in [5.41, 5.74) is 1.70. The Bertz CT molecular complexity index is 613. The van der Waals surface area contributed by atoms with E-state index in [-0.39, 0.29) is 24.7 Å². The number of aromatic hydroxyl groups is 2. The van der Waals surface area contributed by atoms with E-state index in [4.69, 9.17) is 5.11 Å². The number of benzene rings is 2. The molecule has 0 unspecified atom stereocenters. The van der Waals surface area contributed by atoms with Gasteiger partial charge >= 0.3 is 0 Å². The summed E-state index contributed by atoms with van der Waals surface area (Å²) in [6.45, 7) is -0.0416. The molecule has 0 radical (unpaired) electrons. The van der Waals surface area contributed by atoms with E-state index >= 15 is 0 Å². The van der Waals surface area contributed by atoms with Crippen LogP contribution < -0.4 is 0 Å². The molecule has 21 heavy (non-hydrogen) atoms. The van der Waals surface area contributed by atoms with Crippen molar-refractivity contribution in [2.24, 2.45) is 0 Å². The number of hydrogen-bond acceptors (Lipinski definition) is 5. The number of hydrogen-bond donors (Lipinski definition) is 4. The van der Waals surface area contributed by atoms with Crippen molar-refractivity contribution in [3.63, 3.8) is 0 Å². The Labute approximate surface area is 127 Å². The Kier molecular flexibility index (Phi) is 5.50. The summed E-state index contributed by atoms with van der Waals surface area (Å²) in [6.07, 6.45) is 0.851. The summed E-state index contributed by atoms with van der Waals surface area (Å²) in [4.78, 5) is 1.24. The van der Waals surface area contributed by atoms with Crippen LogP contribution in [-0.2, 0) is 12.8 Å². The van der Waals surface area contributed by atoms with Crippen LogP contribution in [0.1, 0.15) is 11.1 Å². The normalized spacial score (nSPS) is 10.8. The second kappa shape index (κ2) is 7.36. The zero-order valence-corrected chi connectivity index (χ0v) is 12.3. The van der Waals surface area contributed by atoms with Gasteiger partial charge in [0, 0.05) is 13.2 Å². The molecule has 0 aliphatic carbocycles. The van der Waals surface area contributed by atoms with Gasteiger partial charge in [-0.2, -0.15) is 0 Å². The van der Waals surface area contributed by atoms with Crippen LogP contribution in [0.4, 0.5) is 0 Å². The molecule has 0 fully saturated rings. The molecule has 4 nitrogen and oxygen atoms in total. The summed E-state index contributed by atoms with van der Waals surface area (Å²) in [6, 6.07) is 10.2. The van der Waals surface area contributed by atoms with Gasteiger partial charge in [-0.3, -0.25) is 0 Å². The summed E-state index contributed by atoms with van der Waals surface area (Å²) in [5.74, 6) is 0.248. The number of phenolic OH excluding ortho intramolecular Hbond substituents is 2. The van der Waals surface area contributed by atoms with Gasteiger partial charge < -0.3 is 20.4 Å². The van der Waals surface area contributed by atoms with Gasteiger partial charge in [-0.25, -0.2) is 0 Å². The lowest BCUT2D eigenvalue weighted by Crippen LogP contribution is -2.02. The minimum Gasteiger partial charge on any atom is -0.507 e. The van der Waals surface area contributed by atoms with Gasteiger partial charge in [-0.05, 0) is 42.2 Å². The maximum atomic E-state index is 10.1. The van der Waals surface area contributed by atoms with Gasteiger partial charge in [0.25, 0.3) is 0 Å². The van der Waals surface area contributed by atoms with Crippen LogP contribution in [0, 0.1) is 0 Å². The van der Waals surface area contributed by atoms with Crippen molar-refractivity contribution in [2.75, 3.05) is 13.2 Å². The standard InChI is InChI=1S/C16H18O4S/c17-9-7-11-5-6-14(20)16(12(11)8-10-18)21-15-4-2-1-3-13(15)19/h1-6,17-20H,7-10H2. The minimum absolute atomic E-state index is 0.00387. The smallest absolute Gasteiger partial charge is 0.129 e. The molecule has 0 saturated carbocycles. The second-order valence-electron chi connectivity index (χ2n) is 4.57. The molecule has 0 heterocycles. The van der Waals surface area contributed by atoms with Crippen molar-refractivity contribution >= 4 is 11.8 Å². The number of aliphatic hydroxyl groups excluding tert-OH is 2. The fourth-order valence-corrected chi connectivity index (χ4v) is 3.23. The first-order valence-corrected chi connectivity index (χ1v) is 7.50. The fourth-order valence-electron chi connectivity index (χ4n) is 2.16. The Morgan fingerprint density at radius 1 is 0.810 bits per heavy atom. The molecule has 2 aromatic carbocycles. The van der Waals surface area contributed by atoms with Crippen molar-refractivity contribution in [3.05, 3.63) is 47.5 Å². The Morgan fingerprint density at radius 3 is 2.19 bits per heavy atom. The Balaban J connectivity index is 2.45. The maximum Gasteiger partial charge on any atom is 0.129 e. The average Bonchev–Trinajstić information content (AvgIpc) is 2.48. The topological polar surface area (TPSA) is 80.9 Å². The van der Waals surface area contributed by atoms with Crippen molar-refractivity contribution in [3.8, 4) is 11.5 Å². The number of para-hydroxylation sites is 1. The predicted molar refractivity (Wildman–Crippen MR) is 81.9 cm³/mol. The molecule has 0 bridgehead atoms. The first kappa shape index (κ1) is 15.7. The molecule has 112 valence electrons. The molecule has 0 saturated heterocycles. The first-order chi connectivity index (χ1) is 10.2. The molecule has 0 aromatic heterocycles. The fraction of sp³-hybridized carbons (Fsp3) is 0.250. The second-order valence-corrected chi connectivity index (χ2v) is 5.62. The van der Waals surface area contributed by atoms with Crippen molar-refractivity contribution in [2.45, 2.75) is 22.6 Å². The SMILES string of the molecule is OCCc1ccc(O)c(Sc2ccccc2O)c1CCO. The Morgan fingerprint density at radius 2 is 1.52 bits per heavy atom. The molecule has 5 heteroatoms. The van der Waals surface area contributed by atoms with Crippen LogP contribution in [-0.4, -0.2) is 33.6 Å². The van der Waals surface area contributed by atoms with Gasteiger partial charge in [0.15, 0.2) is 0 Å². The molecule has 0 amide bonds. The monoisotopic (exact) mass is 306 g/mol. The summed E-state index contributed by atoms with van der Waals surface area (Å²) in [7, 11) is 0. The van der Waals surface area contributed by atoms with Crippen molar-refractivity contribution in [1.29, 1.82) is 0 Å². The van der Waals surface area contributed by atoms with Crippen molar-refractivity contribution in [1.82, 2.24) is 0 Å². The van der Waals surface area contributed by atoms with E-state index in [1.165, 1.54) is 11.8 Å². The average molecular weight is 306 g/mol. The van der Waals surface area contributed by atoms with E-state index < -0.39 is 0 Å².